The number of carboxylic acid groups (broad SMARTS) is 1. The van der Waals surface area contributed by atoms with E-state index in [1.807, 2.05) is 30.3 Å². The fourth-order valence-electron chi connectivity index (χ4n) is 2.39. The summed E-state index contributed by atoms with van der Waals surface area (Å²) in [6, 6.07) is 15.5. The summed E-state index contributed by atoms with van der Waals surface area (Å²) in [4.78, 5) is 40.8. The molecule has 24 heavy (non-hydrogen) atoms. The summed E-state index contributed by atoms with van der Waals surface area (Å²) in [6.45, 7) is -0.0211. The Hall–Kier alpha value is -3.19. The van der Waals surface area contributed by atoms with E-state index in [2.05, 4.69) is 0 Å². The number of hydrogen-bond donors (Lipinski definition) is 1. The molecule has 2 aromatic carbocycles. The molecular formula is C17H14N2O5. The fraction of sp³-hybridized carbons (Fsp3) is 0.118. The molecule has 1 aliphatic heterocycles. The number of carbonyl (C=O) groups is 3. The highest BCUT2D eigenvalue weighted by molar-refractivity contribution is 6.20. The highest BCUT2D eigenvalue weighted by Gasteiger charge is 2.39. The van der Waals surface area contributed by atoms with Gasteiger partial charge in [0.2, 0.25) is 0 Å². The summed E-state index contributed by atoms with van der Waals surface area (Å²) in [5, 5.41) is 10.3. The van der Waals surface area contributed by atoms with Gasteiger partial charge >= 0.3 is 6.09 Å². The summed E-state index contributed by atoms with van der Waals surface area (Å²) < 4.78 is 0. The smallest absolute Gasteiger partial charge is 0.433 e. The van der Waals surface area contributed by atoms with Crippen molar-refractivity contribution in [2.45, 2.75) is 6.42 Å². The second-order valence-electron chi connectivity index (χ2n) is 5.15. The number of fused-ring (bicyclic) bond motifs is 1. The highest BCUT2D eigenvalue weighted by Crippen LogP contribution is 2.23. The van der Waals surface area contributed by atoms with Crippen LogP contribution in [-0.2, 0) is 11.4 Å². The van der Waals surface area contributed by atoms with Gasteiger partial charge in [0.05, 0.1) is 17.7 Å². The van der Waals surface area contributed by atoms with Gasteiger partial charge < -0.3 is 5.11 Å². The molecule has 0 saturated heterocycles. The molecule has 1 heterocycles. The van der Waals surface area contributed by atoms with Crippen LogP contribution in [0.25, 0.3) is 0 Å². The Morgan fingerprint density at radius 2 is 1.50 bits per heavy atom. The molecule has 122 valence electrons. The summed E-state index contributed by atoms with van der Waals surface area (Å²) in [5.41, 5.74) is 1.29. The molecule has 1 aliphatic rings. The van der Waals surface area contributed by atoms with Gasteiger partial charge in [0.15, 0.2) is 0 Å². The van der Waals surface area contributed by atoms with Crippen LogP contribution in [-0.4, -0.2) is 39.7 Å². The Balaban J connectivity index is 1.72. The normalized spacial score (nSPS) is 13.1. The lowest BCUT2D eigenvalue weighted by molar-refractivity contribution is -0.249. The van der Waals surface area contributed by atoms with Crippen molar-refractivity contribution in [1.82, 2.24) is 10.1 Å². The molecule has 0 bridgehead atoms. The molecule has 0 fully saturated rings. The number of hydroxylamine groups is 4. The number of hydrogen-bond acceptors (Lipinski definition) is 4. The van der Waals surface area contributed by atoms with Crippen molar-refractivity contribution in [3.63, 3.8) is 0 Å². The number of amides is 3. The minimum absolute atomic E-state index is 0.0211. The van der Waals surface area contributed by atoms with E-state index in [1.165, 1.54) is 12.1 Å². The second kappa shape index (κ2) is 6.51. The van der Waals surface area contributed by atoms with Gasteiger partial charge in [-0.05, 0) is 24.1 Å². The van der Waals surface area contributed by atoms with Crippen molar-refractivity contribution in [1.29, 1.82) is 0 Å². The summed E-state index contributed by atoms with van der Waals surface area (Å²) in [6.07, 6.45) is -1.00. The van der Waals surface area contributed by atoms with Crippen molar-refractivity contribution in [3.05, 3.63) is 71.3 Å². The summed E-state index contributed by atoms with van der Waals surface area (Å²) in [5.74, 6) is -1.36. The fourth-order valence-corrected chi connectivity index (χ4v) is 2.39. The first-order chi connectivity index (χ1) is 11.6. The van der Waals surface area contributed by atoms with Gasteiger partial charge in [-0.2, -0.15) is 5.06 Å². The van der Waals surface area contributed by atoms with E-state index in [4.69, 9.17) is 4.94 Å². The van der Waals surface area contributed by atoms with Crippen molar-refractivity contribution >= 4 is 17.9 Å². The van der Waals surface area contributed by atoms with Crippen molar-refractivity contribution in [3.8, 4) is 0 Å². The molecule has 7 nitrogen and oxygen atoms in total. The SMILES string of the molecule is O=C(O)N(CCc1ccccc1)ON1C(=O)c2ccccc2C1=O. The maximum absolute atomic E-state index is 12.2. The lowest BCUT2D eigenvalue weighted by Gasteiger charge is -2.22. The molecule has 0 aliphatic carbocycles. The van der Waals surface area contributed by atoms with E-state index < -0.39 is 17.9 Å². The molecular weight excluding hydrogens is 312 g/mol. The third-order valence-electron chi connectivity index (χ3n) is 3.60. The number of rotatable bonds is 5. The lowest BCUT2D eigenvalue weighted by atomic mass is 10.1. The van der Waals surface area contributed by atoms with Gasteiger partial charge in [0.1, 0.15) is 0 Å². The maximum atomic E-state index is 12.2. The van der Waals surface area contributed by atoms with Crippen LogP contribution >= 0.6 is 0 Å². The van der Waals surface area contributed by atoms with Gasteiger partial charge in [0.25, 0.3) is 11.8 Å². The Labute approximate surface area is 137 Å². The molecule has 0 radical (unpaired) electrons. The van der Waals surface area contributed by atoms with E-state index in [0.29, 0.717) is 16.5 Å². The van der Waals surface area contributed by atoms with Gasteiger partial charge in [0, 0.05) is 0 Å². The van der Waals surface area contributed by atoms with Crippen LogP contribution < -0.4 is 0 Å². The van der Waals surface area contributed by atoms with Crippen LogP contribution in [0.3, 0.4) is 0 Å². The van der Waals surface area contributed by atoms with Crippen LogP contribution in [0.1, 0.15) is 26.3 Å². The Morgan fingerprint density at radius 1 is 0.958 bits per heavy atom. The first kappa shape index (κ1) is 15.7. The Morgan fingerprint density at radius 3 is 2.04 bits per heavy atom. The zero-order valence-corrected chi connectivity index (χ0v) is 12.6. The lowest BCUT2D eigenvalue weighted by Crippen LogP contribution is -2.42. The highest BCUT2D eigenvalue weighted by atomic mass is 16.9. The molecule has 1 N–H and O–H groups in total. The number of imide groups is 1. The second-order valence-corrected chi connectivity index (χ2v) is 5.15. The minimum Gasteiger partial charge on any atom is -0.463 e. The van der Waals surface area contributed by atoms with Crippen molar-refractivity contribution in [2.75, 3.05) is 6.54 Å². The predicted molar refractivity (Wildman–Crippen MR) is 82.9 cm³/mol. The first-order valence-electron chi connectivity index (χ1n) is 7.28. The molecule has 0 saturated carbocycles. The zero-order chi connectivity index (χ0) is 17.1. The third kappa shape index (κ3) is 2.97. The van der Waals surface area contributed by atoms with Crippen LogP contribution in [0, 0.1) is 0 Å². The first-order valence-corrected chi connectivity index (χ1v) is 7.28. The molecule has 7 heteroatoms. The average Bonchev–Trinajstić information content (AvgIpc) is 2.84. The molecule has 2 aromatic rings. The van der Waals surface area contributed by atoms with E-state index in [-0.39, 0.29) is 17.7 Å². The monoisotopic (exact) mass is 326 g/mol. The van der Waals surface area contributed by atoms with Crippen molar-refractivity contribution in [2.24, 2.45) is 0 Å². The Bertz CT molecular complexity index is 756. The predicted octanol–water partition coefficient (Wildman–Crippen LogP) is 2.35. The molecule has 3 rings (SSSR count). The van der Waals surface area contributed by atoms with E-state index >= 15 is 0 Å². The van der Waals surface area contributed by atoms with Gasteiger partial charge in [-0.3, -0.25) is 9.59 Å². The third-order valence-corrected chi connectivity index (χ3v) is 3.60. The molecule has 0 unspecified atom stereocenters. The van der Waals surface area contributed by atoms with Crippen LogP contribution in [0.4, 0.5) is 4.79 Å². The Kier molecular flexibility index (Phi) is 4.26. The molecule has 0 aromatic heterocycles. The largest absolute Gasteiger partial charge is 0.463 e. The van der Waals surface area contributed by atoms with E-state index in [1.54, 1.807) is 12.1 Å². The maximum Gasteiger partial charge on any atom is 0.433 e. The van der Waals surface area contributed by atoms with Crippen LogP contribution in [0.5, 0.6) is 0 Å². The average molecular weight is 326 g/mol. The quantitative estimate of drug-likeness (QED) is 0.673. The number of carbonyl (C=O) groups excluding carboxylic acids is 2. The van der Waals surface area contributed by atoms with Gasteiger partial charge in [-0.15, -0.1) is 10.0 Å². The van der Waals surface area contributed by atoms with Crippen molar-refractivity contribution < 1.29 is 24.4 Å². The van der Waals surface area contributed by atoms with E-state index in [9.17, 15) is 19.5 Å². The van der Waals surface area contributed by atoms with Crippen LogP contribution in [0.2, 0.25) is 0 Å². The topological polar surface area (TPSA) is 87.2 Å². The van der Waals surface area contributed by atoms with Crippen LogP contribution in [0.15, 0.2) is 54.6 Å². The van der Waals surface area contributed by atoms with Gasteiger partial charge in [-0.25, -0.2) is 4.79 Å². The zero-order valence-electron chi connectivity index (χ0n) is 12.6. The van der Waals surface area contributed by atoms with E-state index in [0.717, 1.165) is 5.56 Å². The standard InChI is InChI=1S/C17H14N2O5/c20-15-13-8-4-5-9-14(13)16(21)19(15)24-18(17(22)23)11-10-12-6-2-1-3-7-12/h1-9H,10-11H2,(H,22,23). The summed E-state index contributed by atoms with van der Waals surface area (Å²) in [7, 11) is 0. The number of benzene rings is 2. The molecule has 0 spiro atoms. The molecule has 0 atom stereocenters. The number of nitrogens with zero attached hydrogens (tertiary/aromatic N) is 2. The minimum atomic E-state index is -1.39. The summed E-state index contributed by atoms with van der Waals surface area (Å²) >= 11 is 0. The van der Waals surface area contributed by atoms with Gasteiger partial charge in [-0.1, -0.05) is 42.5 Å². The molecule has 3 amide bonds.